The van der Waals surface area contributed by atoms with Gasteiger partial charge < -0.3 is 0 Å². The maximum Gasteiger partial charge on any atom is 0.333 e. The maximum absolute atomic E-state index is 16.0. The summed E-state index contributed by atoms with van der Waals surface area (Å²) in [6, 6.07) is 5.13. The van der Waals surface area contributed by atoms with Crippen LogP contribution < -0.4 is 0 Å². The van der Waals surface area contributed by atoms with E-state index in [-0.39, 0.29) is 35.4 Å². The van der Waals surface area contributed by atoms with Crippen LogP contribution in [0.1, 0.15) is 88.2 Å². The summed E-state index contributed by atoms with van der Waals surface area (Å²) in [7, 11) is 0. The number of carbonyl (C=O) groups is 2. The van der Waals surface area contributed by atoms with Gasteiger partial charge in [0, 0.05) is 59.1 Å². The van der Waals surface area contributed by atoms with E-state index >= 15 is 8.78 Å². The highest BCUT2D eigenvalue weighted by Crippen LogP contribution is 2.67. The van der Waals surface area contributed by atoms with E-state index in [0.29, 0.717) is 52.0 Å². The van der Waals surface area contributed by atoms with Crippen LogP contribution in [0.3, 0.4) is 0 Å². The molecule has 1 aromatic carbocycles. The van der Waals surface area contributed by atoms with Crippen molar-refractivity contribution >= 4 is 17.3 Å². The van der Waals surface area contributed by atoms with Crippen LogP contribution in [0.15, 0.2) is 49.2 Å². The first-order valence-corrected chi connectivity index (χ1v) is 15.9. The number of Topliss-reactive ketones (excluding diaryl/α,β-unsaturated/α-hetero) is 2. The Kier molecular flexibility index (Phi) is 8.17. The molecule has 0 amide bonds. The SMILES string of the molecule is CC(=O)[C@@H](Cc1cnn(C(F)F)c1)C(C)C1CCCC2(CC2c2ccc(-c3cnc4nc(C)cn4c3)cc2C(F)(F)C(C)C)C1=O. The quantitative estimate of drug-likeness (QED) is 0.165. The zero-order chi connectivity index (χ0) is 33.1. The van der Waals surface area contributed by atoms with Gasteiger partial charge in [0.25, 0.3) is 5.92 Å². The van der Waals surface area contributed by atoms with E-state index in [2.05, 4.69) is 15.1 Å². The molecule has 2 fully saturated rings. The third-order valence-corrected chi connectivity index (χ3v) is 10.4. The molecule has 0 radical (unpaired) electrons. The number of hydrogen-bond acceptors (Lipinski definition) is 5. The number of halogens is 4. The fourth-order valence-electron chi connectivity index (χ4n) is 7.64. The molecule has 0 bridgehead atoms. The highest BCUT2D eigenvalue weighted by molar-refractivity contribution is 5.93. The predicted octanol–water partition coefficient (Wildman–Crippen LogP) is 7.97. The first-order valence-electron chi connectivity index (χ1n) is 15.9. The van der Waals surface area contributed by atoms with Crippen LogP contribution in [0.2, 0.25) is 0 Å². The summed E-state index contributed by atoms with van der Waals surface area (Å²) < 4.78 is 60.5. The van der Waals surface area contributed by atoms with Crippen LogP contribution in [0.4, 0.5) is 17.6 Å². The molecular formula is C35H39F4N5O2. The normalized spacial score (nSPS) is 23.1. The Morgan fingerprint density at radius 2 is 1.87 bits per heavy atom. The van der Waals surface area contributed by atoms with Gasteiger partial charge in [0.2, 0.25) is 5.78 Å². The van der Waals surface area contributed by atoms with Crippen molar-refractivity contribution in [3.63, 3.8) is 0 Å². The van der Waals surface area contributed by atoms with E-state index in [9.17, 15) is 18.4 Å². The molecule has 3 heterocycles. The first-order chi connectivity index (χ1) is 21.7. The van der Waals surface area contributed by atoms with E-state index in [0.717, 1.165) is 12.1 Å². The van der Waals surface area contributed by atoms with Crippen LogP contribution in [-0.2, 0) is 21.9 Å². The molecule has 2 aliphatic carbocycles. The summed E-state index contributed by atoms with van der Waals surface area (Å²) in [4.78, 5) is 35.8. The molecule has 6 rings (SSSR count). The Balaban J connectivity index is 1.30. The topological polar surface area (TPSA) is 82.2 Å². The van der Waals surface area contributed by atoms with E-state index in [1.165, 1.54) is 33.2 Å². The lowest BCUT2D eigenvalue weighted by Crippen LogP contribution is -2.39. The summed E-state index contributed by atoms with van der Waals surface area (Å²) in [6.07, 6.45) is 10.5. The van der Waals surface area contributed by atoms with Crippen molar-refractivity contribution in [1.82, 2.24) is 24.1 Å². The smallest absolute Gasteiger partial charge is 0.300 e. The second-order valence-corrected chi connectivity index (χ2v) is 13.7. The van der Waals surface area contributed by atoms with Gasteiger partial charge in [0.15, 0.2) is 0 Å². The predicted molar refractivity (Wildman–Crippen MR) is 165 cm³/mol. The Morgan fingerprint density at radius 3 is 2.54 bits per heavy atom. The minimum atomic E-state index is -3.13. The molecule has 3 aromatic heterocycles. The number of hydrogen-bond donors (Lipinski definition) is 0. The molecule has 0 N–H and O–H groups in total. The first kappa shape index (κ1) is 32.1. The number of nitrogens with zero attached hydrogens (tertiary/aromatic N) is 5. The Morgan fingerprint density at radius 1 is 1.11 bits per heavy atom. The van der Waals surface area contributed by atoms with Gasteiger partial charge in [0.1, 0.15) is 11.6 Å². The van der Waals surface area contributed by atoms with Crippen molar-refractivity contribution in [3.8, 4) is 11.1 Å². The van der Waals surface area contributed by atoms with Crippen LogP contribution >= 0.6 is 0 Å². The third-order valence-electron chi connectivity index (χ3n) is 10.4. The standard InChI is InChI=1S/C35H39F4N5O2/c1-19(2)35(38,39)29-12-24(25-15-40-33-42-20(3)16-43(33)18-25)8-9-27(29)30-13-34(30)10-6-7-26(31(34)46)21(4)28(22(5)45)11-23-14-41-44(17-23)32(36)37/h8-9,12,14-19,21,26,28,30,32H,6-7,10-11,13H2,1-5H3/t21?,26?,28-,30?,34?/m0/s1. The second-order valence-electron chi connectivity index (χ2n) is 13.7. The van der Waals surface area contributed by atoms with Crippen molar-refractivity contribution < 1.29 is 27.2 Å². The van der Waals surface area contributed by atoms with Gasteiger partial charge in [-0.25, -0.2) is 23.4 Å². The van der Waals surface area contributed by atoms with E-state index in [4.69, 9.17) is 0 Å². The average Bonchev–Trinajstić information content (AvgIpc) is 3.31. The fraction of sp³-hybridized carbons (Fsp3) is 0.514. The molecule has 46 heavy (non-hydrogen) atoms. The number of alkyl halides is 4. The number of ketones is 2. The minimum absolute atomic E-state index is 0.0267. The van der Waals surface area contributed by atoms with Crippen molar-refractivity contribution in [2.24, 2.45) is 29.1 Å². The van der Waals surface area contributed by atoms with Gasteiger partial charge in [-0.05, 0) is 74.1 Å². The molecule has 2 aliphatic rings. The van der Waals surface area contributed by atoms with Crippen molar-refractivity contribution in [1.29, 1.82) is 0 Å². The molecule has 0 aliphatic heterocycles. The lowest BCUT2D eigenvalue weighted by atomic mass is 9.66. The van der Waals surface area contributed by atoms with E-state index < -0.39 is 35.6 Å². The fourth-order valence-corrected chi connectivity index (χ4v) is 7.64. The van der Waals surface area contributed by atoms with Crippen molar-refractivity contribution in [2.45, 2.75) is 85.1 Å². The van der Waals surface area contributed by atoms with E-state index in [1.807, 2.05) is 32.3 Å². The summed E-state index contributed by atoms with van der Waals surface area (Å²) in [5.74, 6) is -5.33. The third kappa shape index (κ3) is 5.55. The monoisotopic (exact) mass is 637 g/mol. The molecule has 2 saturated carbocycles. The Bertz CT molecular complexity index is 1800. The van der Waals surface area contributed by atoms with Crippen molar-refractivity contribution in [2.75, 3.05) is 0 Å². The lowest BCUT2D eigenvalue weighted by molar-refractivity contribution is -0.135. The number of aryl methyl sites for hydroxylation is 1. The molecule has 11 heteroatoms. The van der Waals surface area contributed by atoms with Crippen LogP contribution in [0.5, 0.6) is 0 Å². The number of benzene rings is 1. The van der Waals surface area contributed by atoms with Gasteiger partial charge in [-0.3, -0.25) is 14.0 Å². The average molecular weight is 638 g/mol. The number of aromatic nitrogens is 5. The number of fused-ring (bicyclic) bond motifs is 1. The summed E-state index contributed by atoms with van der Waals surface area (Å²) in [5, 5.41) is 3.69. The second kappa shape index (κ2) is 11.7. The largest absolute Gasteiger partial charge is 0.333 e. The number of rotatable bonds is 10. The van der Waals surface area contributed by atoms with E-state index in [1.54, 1.807) is 22.7 Å². The molecule has 0 saturated heterocycles. The molecule has 1 spiro atoms. The lowest BCUT2D eigenvalue weighted by Gasteiger charge is -2.36. The summed E-state index contributed by atoms with van der Waals surface area (Å²) in [6.45, 7) is 5.42. The zero-order valence-electron chi connectivity index (χ0n) is 26.7. The molecular weight excluding hydrogens is 598 g/mol. The van der Waals surface area contributed by atoms with Gasteiger partial charge in [-0.1, -0.05) is 39.3 Å². The highest BCUT2D eigenvalue weighted by atomic mass is 19.3. The molecule has 4 aromatic rings. The zero-order valence-corrected chi connectivity index (χ0v) is 26.7. The maximum atomic E-state index is 16.0. The highest BCUT2D eigenvalue weighted by Gasteiger charge is 2.64. The molecule has 5 atom stereocenters. The molecule has 244 valence electrons. The van der Waals surface area contributed by atoms with Gasteiger partial charge in [0.05, 0.1) is 11.9 Å². The van der Waals surface area contributed by atoms with Gasteiger partial charge in [-0.15, -0.1) is 0 Å². The van der Waals surface area contributed by atoms with Gasteiger partial charge in [-0.2, -0.15) is 13.9 Å². The summed E-state index contributed by atoms with van der Waals surface area (Å²) in [5.41, 5.74) is 2.27. The number of imidazole rings is 1. The Hall–Kier alpha value is -3.89. The summed E-state index contributed by atoms with van der Waals surface area (Å²) >= 11 is 0. The molecule has 7 nitrogen and oxygen atoms in total. The Labute approximate surface area is 265 Å². The number of carbonyl (C=O) groups excluding carboxylic acids is 2. The minimum Gasteiger partial charge on any atom is -0.300 e. The van der Waals surface area contributed by atoms with Crippen LogP contribution in [-0.4, -0.2) is 35.7 Å². The molecule has 4 unspecified atom stereocenters. The van der Waals surface area contributed by atoms with Crippen molar-refractivity contribution in [3.05, 3.63) is 71.6 Å². The van der Waals surface area contributed by atoms with Gasteiger partial charge >= 0.3 is 6.55 Å². The van der Waals surface area contributed by atoms with Crippen LogP contribution in [0.25, 0.3) is 16.9 Å². The van der Waals surface area contributed by atoms with Crippen LogP contribution in [0, 0.1) is 36.0 Å².